The summed E-state index contributed by atoms with van der Waals surface area (Å²) in [7, 11) is 0. The molecule has 0 saturated carbocycles. The summed E-state index contributed by atoms with van der Waals surface area (Å²) in [5.74, 6) is 2.46. The summed E-state index contributed by atoms with van der Waals surface area (Å²) in [5.41, 5.74) is 1.17. The molecule has 1 aromatic rings. The van der Waals surface area contributed by atoms with Crippen LogP contribution in [0.4, 0.5) is 10.1 Å². The smallest absolute Gasteiger partial charge is 0.228 e. The lowest BCUT2D eigenvalue weighted by molar-refractivity contribution is 0.474. The van der Waals surface area contributed by atoms with E-state index in [9.17, 15) is 4.39 Å². The summed E-state index contributed by atoms with van der Waals surface area (Å²) in [4.78, 5) is 5.97. The van der Waals surface area contributed by atoms with Crippen molar-refractivity contribution in [1.82, 2.24) is 10.3 Å². The van der Waals surface area contributed by atoms with E-state index in [0.29, 0.717) is 12.0 Å². The number of halogens is 1. The molecule has 0 radical (unpaired) electrons. The quantitative estimate of drug-likeness (QED) is 0.577. The molecule has 0 aromatic carbocycles. The first kappa shape index (κ1) is 10.5. The van der Waals surface area contributed by atoms with Crippen molar-refractivity contribution in [2.45, 2.75) is 12.5 Å². The van der Waals surface area contributed by atoms with Gasteiger partial charge in [0, 0.05) is 25.7 Å². The SMILES string of the molecule is C#Cc1cc(N2C[C@H]3CN[C@H](C3)C2)cnc1F. The number of anilines is 1. The van der Waals surface area contributed by atoms with Gasteiger partial charge in [0.2, 0.25) is 5.95 Å². The largest absolute Gasteiger partial charge is 0.368 e. The summed E-state index contributed by atoms with van der Waals surface area (Å²) in [6.07, 6.45) is 8.07. The number of terminal acetylenes is 1. The second kappa shape index (κ2) is 4.01. The van der Waals surface area contributed by atoms with Gasteiger partial charge in [0.15, 0.2) is 0 Å². The highest BCUT2D eigenvalue weighted by Gasteiger charge is 2.32. The predicted molar refractivity (Wildman–Crippen MR) is 64.2 cm³/mol. The van der Waals surface area contributed by atoms with Crippen LogP contribution in [0.15, 0.2) is 12.3 Å². The van der Waals surface area contributed by atoms with Gasteiger partial charge in [-0.1, -0.05) is 5.92 Å². The lowest BCUT2D eigenvalue weighted by Crippen LogP contribution is -2.41. The van der Waals surface area contributed by atoms with Crippen molar-refractivity contribution in [3.8, 4) is 12.3 Å². The van der Waals surface area contributed by atoms with Crippen LogP contribution in [-0.4, -0.2) is 30.7 Å². The van der Waals surface area contributed by atoms with Crippen molar-refractivity contribution in [1.29, 1.82) is 0 Å². The molecule has 2 atom stereocenters. The Morgan fingerprint density at radius 1 is 1.53 bits per heavy atom. The minimum atomic E-state index is -0.561. The molecule has 2 aliphatic rings. The number of piperidine rings is 1. The molecule has 0 spiro atoms. The van der Waals surface area contributed by atoms with Crippen molar-refractivity contribution in [2.75, 3.05) is 24.5 Å². The van der Waals surface area contributed by atoms with E-state index in [4.69, 9.17) is 6.42 Å². The van der Waals surface area contributed by atoms with Crippen molar-refractivity contribution in [2.24, 2.45) is 5.92 Å². The molecule has 0 unspecified atom stereocenters. The minimum Gasteiger partial charge on any atom is -0.368 e. The van der Waals surface area contributed by atoms with Crippen LogP contribution < -0.4 is 10.2 Å². The Morgan fingerprint density at radius 2 is 2.41 bits per heavy atom. The zero-order valence-corrected chi connectivity index (χ0v) is 9.49. The number of hydrogen-bond acceptors (Lipinski definition) is 3. The Kier molecular flexibility index (Phi) is 2.49. The molecule has 3 rings (SSSR count). The first-order chi connectivity index (χ1) is 8.26. The minimum absolute atomic E-state index is 0.244. The molecule has 88 valence electrons. The van der Waals surface area contributed by atoms with Gasteiger partial charge < -0.3 is 10.2 Å². The highest BCUT2D eigenvalue weighted by Crippen LogP contribution is 2.27. The van der Waals surface area contributed by atoms with E-state index in [1.165, 1.54) is 6.42 Å². The second-order valence-electron chi connectivity index (χ2n) is 4.79. The molecule has 3 heterocycles. The van der Waals surface area contributed by atoms with Gasteiger partial charge in [0.05, 0.1) is 17.4 Å². The normalized spacial score (nSPS) is 26.9. The van der Waals surface area contributed by atoms with Crippen molar-refractivity contribution >= 4 is 5.69 Å². The first-order valence-electron chi connectivity index (χ1n) is 5.87. The van der Waals surface area contributed by atoms with E-state index >= 15 is 0 Å². The Morgan fingerprint density at radius 3 is 3.18 bits per heavy atom. The number of nitrogens with zero attached hydrogens (tertiary/aromatic N) is 2. The summed E-state index contributed by atoms with van der Waals surface area (Å²) >= 11 is 0. The fraction of sp³-hybridized carbons (Fsp3) is 0.462. The van der Waals surface area contributed by atoms with Crippen molar-refractivity contribution in [3.63, 3.8) is 0 Å². The lowest BCUT2D eigenvalue weighted by Gasteiger charge is -2.32. The van der Waals surface area contributed by atoms with Gasteiger partial charge in [-0.15, -0.1) is 6.42 Å². The predicted octanol–water partition coefficient (Wildman–Crippen LogP) is 1.00. The van der Waals surface area contributed by atoms with Crippen molar-refractivity contribution < 1.29 is 4.39 Å². The molecule has 4 heteroatoms. The summed E-state index contributed by atoms with van der Waals surface area (Å²) in [6.45, 7) is 3.03. The van der Waals surface area contributed by atoms with Gasteiger partial charge in [0.1, 0.15) is 0 Å². The standard InChI is InChI=1S/C13H14FN3/c1-2-10-4-12(6-16-13(10)14)17-7-9-3-11(8-17)15-5-9/h1,4,6,9,11,15H,3,5,7-8H2/t9-,11-/m1/s1. The average molecular weight is 231 g/mol. The first-order valence-corrected chi connectivity index (χ1v) is 5.87. The van der Waals surface area contributed by atoms with E-state index in [2.05, 4.69) is 21.1 Å². The maximum atomic E-state index is 13.2. The number of rotatable bonds is 1. The van der Waals surface area contributed by atoms with Crippen LogP contribution in [0, 0.1) is 24.2 Å². The number of fused-ring (bicyclic) bond motifs is 2. The third-order valence-electron chi connectivity index (χ3n) is 3.58. The Hall–Kier alpha value is -1.60. The van der Waals surface area contributed by atoms with Crippen molar-refractivity contribution in [3.05, 3.63) is 23.8 Å². The topological polar surface area (TPSA) is 28.2 Å². The van der Waals surface area contributed by atoms with Crippen LogP contribution in [-0.2, 0) is 0 Å². The number of hydrogen-bond donors (Lipinski definition) is 1. The van der Waals surface area contributed by atoms with Gasteiger partial charge in [0.25, 0.3) is 0 Å². The molecule has 0 aliphatic carbocycles. The Bertz CT molecular complexity index is 468. The van der Waals surface area contributed by atoms with Gasteiger partial charge >= 0.3 is 0 Å². The summed E-state index contributed by atoms with van der Waals surface area (Å²) < 4.78 is 13.2. The molecule has 2 fully saturated rings. The van der Waals surface area contributed by atoms with Gasteiger partial charge in [-0.2, -0.15) is 4.39 Å². The maximum absolute atomic E-state index is 13.2. The highest BCUT2D eigenvalue weighted by molar-refractivity contribution is 5.51. The maximum Gasteiger partial charge on any atom is 0.228 e. The third-order valence-corrected chi connectivity index (χ3v) is 3.58. The molecule has 1 N–H and O–H groups in total. The van der Waals surface area contributed by atoms with E-state index in [-0.39, 0.29) is 5.56 Å². The molecule has 17 heavy (non-hydrogen) atoms. The van der Waals surface area contributed by atoms with E-state index in [1.807, 2.05) is 0 Å². The van der Waals surface area contributed by atoms with E-state index < -0.39 is 5.95 Å². The molecule has 1 aromatic heterocycles. The van der Waals surface area contributed by atoms with Gasteiger partial charge in [-0.3, -0.25) is 0 Å². The zero-order chi connectivity index (χ0) is 11.8. The Labute approximate surface area is 100 Å². The molecule has 2 aliphatic heterocycles. The van der Waals surface area contributed by atoms with Crippen LogP contribution >= 0.6 is 0 Å². The average Bonchev–Trinajstić information content (AvgIpc) is 2.69. The fourth-order valence-electron chi connectivity index (χ4n) is 2.75. The van der Waals surface area contributed by atoms with Crippen LogP contribution in [0.3, 0.4) is 0 Å². The van der Waals surface area contributed by atoms with Crippen LogP contribution in [0.1, 0.15) is 12.0 Å². The molecule has 0 amide bonds. The van der Waals surface area contributed by atoms with E-state index in [1.54, 1.807) is 12.3 Å². The number of pyridine rings is 1. The monoisotopic (exact) mass is 231 g/mol. The van der Waals surface area contributed by atoms with Gasteiger partial charge in [-0.05, 0) is 18.4 Å². The number of aromatic nitrogens is 1. The number of nitrogens with one attached hydrogen (secondary N) is 1. The molecule has 2 bridgehead atoms. The second-order valence-corrected chi connectivity index (χ2v) is 4.79. The summed E-state index contributed by atoms with van der Waals surface area (Å²) in [6, 6.07) is 2.26. The molecule has 3 nitrogen and oxygen atoms in total. The van der Waals surface area contributed by atoms with Crippen LogP contribution in [0.5, 0.6) is 0 Å². The summed E-state index contributed by atoms with van der Waals surface area (Å²) in [5, 5.41) is 3.48. The van der Waals surface area contributed by atoms with Gasteiger partial charge in [-0.25, -0.2) is 4.98 Å². The molecular weight excluding hydrogens is 217 g/mol. The molecular formula is C13H14FN3. The van der Waals surface area contributed by atoms with Crippen LogP contribution in [0.25, 0.3) is 0 Å². The Balaban J connectivity index is 1.87. The zero-order valence-electron chi connectivity index (χ0n) is 9.49. The third kappa shape index (κ3) is 1.87. The van der Waals surface area contributed by atoms with E-state index in [0.717, 1.165) is 25.3 Å². The molecule has 2 saturated heterocycles. The van der Waals surface area contributed by atoms with Crippen LogP contribution in [0.2, 0.25) is 0 Å². The fourth-order valence-corrected chi connectivity index (χ4v) is 2.75. The lowest BCUT2D eigenvalue weighted by atomic mass is 9.99. The highest BCUT2D eigenvalue weighted by atomic mass is 19.1.